The van der Waals surface area contributed by atoms with E-state index >= 15 is 0 Å². The normalized spacial score (nSPS) is 10.6. The average molecular weight is 226 g/mol. The maximum atomic E-state index is 11.7. The van der Waals surface area contributed by atoms with Crippen molar-refractivity contribution in [1.82, 2.24) is 4.98 Å². The zero-order chi connectivity index (χ0) is 12.1. The van der Waals surface area contributed by atoms with Crippen LogP contribution >= 0.6 is 0 Å². The summed E-state index contributed by atoms with van der Waals surface area (Å²) in [6, 6.07) is 6.63. The van der Waals surface area contributed by atoms with Crippen LogP contribution in [-0.4, -0.2) is 10.8 Å². The van der Waals surface area contributed by atoms with Gasteiger partial charge in [-0.15, -0.1) is 0 Å². The molecule has 0 N–H and O–H groups in total. The highest BCUT2D eigenvalue weighted by Gasteiger charge is 2.02. The van der Waals surface area contributed by atoms with E-state index in [1.165, 1.54) is 30.6 Å². The number of rotatable bonds is 3. The summed E-state index contributed by atoms with van der Waals surface area (Å²) in [4.78, 5) is 15.7. The van der Waals surface area contributed by atoms with Gasteiger partial charge in [-0.05, 0) is 23.8 Å². The summed E-state index contributed by atoms with van der Waals surface area (Å²) < 4.78 is 0.640. The van der Waals surface area contributed by atoms with E-state index in [1.54, 1.807) is 24.5 Å². The molecule has 0 aliphatic carbocycles. The molecule has 0 unspecified atom stereocenters. The Bertz CT molecular complexity index is 533. The van der Waals surface area contributed by atoms with Crippen molar-refractivity contribution < 1.29 is 9.52 Å². The lowest BCUT2D eigenvalue weighted by atomic mass is 10.1. The molecule has 0 aromatic carbocycles. The van der Waals surface area contributed by atoms with Crippen LogP contribution in [0.2, 0.25) is 0 Å². The van der Waals surface area contributed by atoms with E-state index in [2.05, 4.69) is 4.98 Å². The third-order valence-electron chi connectivity index (χ3n) is 2.20. The van der Waals surface area contributed by atoms with E-state index in [4.69, 9.17) is 0 Å². The number of carbonyl (C=O) groups is 1. The van der Waals surface area contributed by atoms with Crippen LogP contribution < -0.4 is 4.73 Å². The average Bonchev–Trinajstić information content (AvgIpc) is 2.38. The molecule has 0 aliphatic heterocycles. The Kier molecular flexibility index (Phi) is 3.25. The van der Waals surface area contributed by atoms with Gasteiger partial charge in [0.25, 0.3) is 0 Å². The molecule has 2 aromatic heterocycles. The Morgan fingerprint density at radius 3 is 2.71 bits per heavy atom. The first-order chi connectivity index (χ1) is 8.25. The summed E-state index contributed by atoms with van der Waals surface area (Å²) in [5.74, 6) is -0.144. The Morgan fingerprint density at radius 1 is 1.29 bits per heavy atom. The molecule has 0 atom stereocenters. The molecule has 4 nitrogen and oxygen atoms in total. The lowest BCUT2D eigenvalue weighted by Gasteiger charge is -1.96. The largest absolute Gasteiger partial charge is 0.619 e. The van der Waals surface area contributed by atoms with E-state index in [1.807, 2.05) is 6.07 Å². The fourth-order valence-corrected chi connectivity index (χ4v) is 1.32. The third kappa shape index (κ3) is 2.98. The van der Waals surface area contributed by atoms with Crippen molar-refractivity contribution in [2.45, 2.75) is 0 Å². The van der Waals surface area contributed by atoms with E-state index in [-0.39, 0.29) is 5.78 Å². The van der Waals surface area contributed by atoms with E-state index in [0.29, 0.717) is 10.3 Å². The smallest absolute Gasteiger partial charge is 0.186 e. The standard InChI is InChI=1S/C13H10N2O2/c16-13(12-5-8-15(17)9-6-12)4-3-11-2-1-7-14-10-11/h1-10H. The number of carbonyl (C=O) groups excluding carboxylic acids is 1. The summed E-state index contributed by atoms with van der Waals surface area (Å²) in [6.07, 6.45) is 9.08. The first kappa shape index (κ1) is 11.0. The summed E-state index contributed by atoms with van der Waals surface area (Å²) in [6.45, 7) is 0. The van der Waals surface area contributed by atoms with Crippen molar-refractivity contribution in [3.8, 4) is 0 Å². The monoisotopic (exact) mass is 226 g/mol. The van der Waals surface area contributed by atoms with Crippen molar-refractivity contribution in [3.63, 3.8) is 0 Å². The van der Waals surface area contributed by atoms with Crippen LogP contribution in [0.5, 0.6) is 0 Å². The maximum Gasteiger partial charge on any atom is 0.186 e. The van der Waals surface area contributed by atoms with Crippen LogP contribution in [0.15, 0.2) is 55.1 Å². The van der Waals surface area contributed by atoms with Gasteiger partial charge in [0.15, 0.2) is 18.2 Å². The van der Waals surface area contributed by atoms with Gasteiger partial charge in [-0.1, -0.05) is 6.07 Å². The number of aromatic nitrogens is 2. The second kappa shape index (κ2) is 5.03. The van der Waals surface area contributed by atoms with Gasteiger partial charge in [0.1, 0.15) is 0 Å². The van der Waals surface area contributed by atoms with Crippen molar-refractivity contribution in [1.29, 1.82) is 0 Å². The highest BCUT2D eigenvalue weighted by Crippen LogP contribution is 2.03. The molecular weight excluding hydrogens is 216 g/mol. The van der Waals surface area contributed by atoms with Crippen LogP contribution in [0.25, 0.3) is 6.08 Å². The highest BCUT2D eigenvalue weighted by molar-refractivity contribution is 6.06. The molecule has 0 spiro atoms. The predicted molar refractivity (Wildman–Crippen MR) is 63.0 cm³/mol. The van der Waals surface area contributed by atoms with E-state index < -0.39 is 0 Å². The van der Waals surface area contributed by atoms with Gasteiger partial charge in [-0.25, -0.2) is 0 Å². The Labute approximate surface area is 98.5 Å². The molecule has 0 fully saturated rings. The molecule has 2 heterocycles. The van der Waals surface area contributed by atoms with Crippen LogP contribution in [0, 0.1) is 5.21 Å². The van der Waals surface area contributed by atoms with E-state index in [0.717, 1.165) is 5.56 Å². The summed E-state index contributed by atoms with van der Waals surface area (Å²) >= 11 is 0. The number of allylic oxidation sites excluding steroid dienone is 1. The van der Waals surface area contributed by atoms with Gasteiger partial charge in [-0.2, -0.15) is 4.73 Å². The zero-order valence-corrected chi connectivity index (χ0v) is 8.98. The number of hydrogen-bond donors (Lipinski definition) is 0. The van der Waals surface area contributed by atoms with Gasteiger partial charge in [0.2, 0.25) is 0 Å². The molecule has 17 heavy (non-hydrogen) atoms. The third-order valence-corrected chi connectivity index (χ3v) is 2.20. The Hall–Kier alpha value is -2.49. The number of pyridine rings is 2. The predicted octanol–water partition coefficient (Wildman–Crippen LogP) is 1.61. The van der Waals surface area contributed by atoms with Crippen molar-refractivity contribution >= 4 is 11.9 Å². The molecule has 4 heteroatoms. The van der Waals surface area contributed by atoms with E-state index in [9.17, 15) is 10.0 Å². The first-order valence-corrected chi connectivity index (χ1v) is 5.07. The molecule has 0 radical (unpaired) electrons. The number of nitrogens with zero attached hydrogens (tertiary/aromatic N) is 2. The SMILES string of the molecule is O=C(C=Cc1cccnc1)c1cc[n+]([O-])cc1. The minimum absolute atomic E-state index is 0.144. The van der Waals surface area contributed by atoms with Gasteiger partial charge < -0.3 is 5.21 Å². The van der Waals surface area contributed by atoms with Crippen molar-refractivity contribution in [2.24, 2.45) is 0 Å². The Balaban J connectivity index is 2.12. The molecule has 2 rings (SSSR count). The number of ketones is 1. The highest BCUT2D eigenvalue weighted by atomic mass is 16.5. The summed E-state index contributed by atoms with van der Waals surface area (Å²) in [5.41, 5.74) is 1.34. The minimum atomic E-state index is -0.144. The second-order valence-corrected chi connectivity index (χ2v) is 3.43. The molecule has 0 amide bonds. The fourth-order valence-electron chi connectivity index (χ4n) is 1.32. The van der Waals surface area contributed by atoms with Gasteiger partial charge >= 0.3 is 0 Å². The fraction of sp³-hybridized carbons (Fsp3) is 0. The van der Waals surface area contributed by atoms with Crippen LogP contribution in [-0.2, 0) is 0 Å². The van der Waals surface area contributed by atoms with Crippen LogP contribution in [0.4, 0.5) is 0 Å². The molecule has 84 valence electrons. The molecule has 0 aliphatic rings. The molecular formula is C13H10N2O2. The van der Waals surface area contributed by atoms with Gasteiger partial charge in [0.05, 0.1) is 0 Å². The topological polar surface area (TPSA) is 56.9 Å². The molecule has 2 aromatic rings. The van der Waals surface area contributed by atoms with Crippen molar-refractivity contribution in [3.05, 3.63) is 71.5 Å². The quantitative estimate of drug-likeness (QED) is 0.346. The zero-order valence-electron chi connectivity index (χ0n) is 8.98. The lowest BCUT2D eigenvalue weighted by molar-refractivity contribution is -0.605. The number of hydrogen-bond acceptors (Lipinski definition) is 3. The van der Waals surface area contributed by atoms with Gasteiger partial charge in [-0.3, -0.25) is 9.78 Å². The molecule has 0 saturated carbocycles. The maximum absolute atomic E-state index is 11.7. The molecule has 0 bridgehead atoms. The summed E-state index contributed by atoms with van der Waals surface area (Å²) in [5, 5.41) is 10.8. The first-order valence-electron chi connectivity index (χ1n) is 5.07. The summed E-state index contributed by atoms with van der Waals surface area (Å²) in [7, 11) is 0. The minimum Gasteiger partial charge on any atom is -0.619 e. The Morgan fingerprint density at radius 2 is 2.06 bits per heavy atom. The van der Waals surface area contributed by atoms with Crippen LogP contribution in [0.1, 0.15) is 15.9 Å². The van der Waals surface area contributed by atoms with Gasteiger partial charge in [0, 0.05) is 30.1 Å². The van der Waals surface area contributed by atoms with Crippen molar-refractivity contribution in [2.75, 3.05) is 0 Å². The second-order valence-electron chi connectivity index (χ2n) is 3.43. The van der Waals surface area contributed by atoms with Crippen LogP contribution in [0.3, 0.4) is 0 Å². The molecule has 0 saturated heterocycles. The lowest BCUT2D eigenvalue weighted by Crippen LogP contribution is -2.24.